The molecule has 0 amide bonds. The molecule has 2 rings (SSSR count). The van der Waals surface area contributed by atoms with Crippen LogP contribution in [0.3, 0.4) is 0 Å². The second kappa shape index (κ2) is 6.45. The van der Waals surface area contributed by atoms with Gasteiger partial charge in [0.05, 0.1) is 19.1 Å². The average Bonchev–Trinajstić information content (AvgIpc) is 2.76. The second-order valence-corrected chi connectivity index (χ2v) is 5.90. The number of hydrogen-bond acceptors (Lipinski definition) is 6. The van der Waals surface area contributed by atoms with Crippen LogP contribution < -0.4 is 0 Å². The number of rotatable bonds is 4. The van der Waals surface area contributed by atoms with Gasteiger partial charge in [0.25, 0.3) is 0 Å². The minimum Gasteiger partial charge on any atom is -0.466 e. The first kappa shape index (κ1) is 13.7. The number of aromatic nitrogens is 2. The van der Waals surface area contributed by atoms with Crippen LogP contribution in [0.15, 0.2) is 0 Å². The molecule has 1 saturated heterocycles. The molecular formula is C11H16ClN3O2S. The van der Waals surface area contributed by atoms with Crippen LogP contribution >= 0.6 is 22.9 Å². The highest BCUT2D eigenvalue weighted by Crippen LogP contribution is 2.22. The van der Waals surface area contributed by atoms with Gasteiger partial charge in [-0.3, -0.25) is 9.69 Å². The molecule has 0 spiro atoms. The van der Waals surface area contributed by atoms with E-state index in [9.17, 15) is 4.79 Å². The van der Waals surface area contributed by atoms with Gasteiger partial charge >= 0.3 is 5.97 Å². The number of halogens is 1. The summed E-state index contributed by atoms with van der Waals surface area (Å²) < 4.78 is 5.52. The third-order valence-electron chi connectivity index (χ3n) is 3.01. The Morgan fingerprint density at radius 3 is 2.78 bits per heavy atom. The predicted molar refractivity (Wildman–Crippen MR) is 69.6 cm³/mol. The Labute approximate surface area is 115 Å². The summed E-state index contributed by atoms with van der Waals surface area (Å²) in [7, 11) is 0. The zero-order chi connectivity index (χ0) is 13.0. The van der Waals surface area contributed by atoms with E-state index in [0.29, 0.717) is 11.1 Å². The number of esters is 1. The quantitative estimate of drug-likeness (QED) is 0.793. The Kier molecular flexibility index (Phi) is 4.91. The van der Waals surface area contributed by atoms with Crippen LogP contribution in [0, 0.1) is 5.92 Å². The normalized spacial score (nSPS) is 17.9. The minimum absolute atomic E-state index is 0.0548. The maximum absolute atomic E-state index is 11.6. The number of hydrogen-bond donors (Lipinski definition) is 0. The molecule has 0 aliphatic carbocycles. The maximum Gasteiger partial charge on any atom is 0.309 e. The fourth-order valence-corrected chi connectivity index (χ4v) is 2.99. The van der Waals surface area contributed by atoms with Gasteiger partial charge in [0.1, 0.15) is 5.01 Å². The summed E-state index contributed by atoms with van der Waals surface area (Å²) in [5.74, 6) is -0.00434. The Balaban J connectivity index is 1.78. The van der Waals surface area contributed by atoms with E-state index in [0.717, 1.165) is 37.5 Å². The Morgan fingerprint density at radius 2 is 2.22 bits per heavy atom. The van der Waals surface area contributed by atoms with Gasteiger partial charge in [0.15, 0.2) is 0 Å². The molecule has 0 saturated carbocycles. The van der Waals surface area contributed by atoms with E-state index in [2.05, 4.69) is 15.1 Å². The molecule has 0 atom stereocenters. The van der Waals surface area contributed by atoms with E-state index >= 15 is 0 Å². The lowest BCUT2D eigenvalue weighted by molar-refractivity contribution is -0.149. The number of carbonyl (C=O) groups is 1. The third-order valence-corrected chi connectivity index (χ3v) is 4.01. The zero-order valence-corrected chi connectivity index (χ0v) is 11.8. The monoisotopic (exact) mass is 289 g/mol. The highest BCUT2D eigenvalue weighted by Gasteiger charge is 2.26. The molecule has 1 aromatic heterocycles. The number of carbonyl (C=O) groups excluding carboxylic acids is 1. The maximum atomic E-state index is 11.6. The van der Waals surface area contributed by atoms with Gasteiger partial charge in [0.2, 0.25) is 4.47 Å². The van der Waals surface area contributed by atoms with Gasteiger partial charge in [-0.25, -0.2) is 0 Å². The minimum atomic E-state index is -0.0592. The second-order valence-electron chi connectivity index (χ2n) is 4.25. The molecule has 18 heavy (non-hydrogen) atoms. The molecule has 1 aliphatic rings. The van der Waals surface area contributed by atoms with Gasteiger partial charge in [-0.05, 0) is 44.5 Å². The largest absolute Gasteiger partial charge is 0.466 e. The molecule has 0 N–H and O–H groups in total. The molecule has 7 heteroatoms. The van der Waals surface area contributed by atoms with Crippen molar-refractivity contribution in [3.63, 3.8) is 0 Å². The summed E-state index contributed by atoms with van der Waals surface area (Å²) in [5, 5.41) is 8.71. The van der Waals surface area contributed by atoms with Crippen molar-refractivity contribution in [1.29, 1.82) is 0 Å². The molecule has 100 valence electrons. The number of likely N-dealkylation sites (tertiary alicyclic amines) is 1. The van der Waals surface area contributed by atoms with Crippen molar-refractivity contribution < 1.29 is 9.53 Å². The van der Waals surface area contributed by atoms with Gasteiger partial charge in [-0.15, -0.1) is 10.2 Å². The molecule has 1 aromatic rings. The lowest BCUT2D eigenvalue weighted by Crippen LogP contribution is -2.36. The SMILES string of the molecule is CCOC(=O)C1CCN(Cc2nnc(Cl)s2)CC1. The number of nitrogens with zero attached hydrogens (tertiary/aromatic N) is 3. The summed E-state index contributed by atoms with van der Waals surface area (Å²) in [6.45, 7) is 4.84. The summed E-state index contributed by atoms with van der Waals surface area (Å²) in [4.78, 5) is 13.9. The molecule has 0 unspecified atom stereocenters. The van der Waals surface area contributed by atoms with Crippen molar-refractivity contribution in [2.45, 2.75) is 26.3 Å². The number of piperidine rings is 1. The first-order chi connectivity index (χ1) is 8.69. The Morgan fingerprint density at radius 1 is 1.50 bits per heavy atom. The smallest absolute Gasteiger partial charge is 0.309 e. The Hall–Kier alpha value is -0.720. The fourth-order valence-electron chi connectivity index (χ4n) is 2.08. The van der Waals surface area contributed by atoms with E-state index in [1.807, 2.05) is 6.92 Å². The van der Waals surface area contributed by atoms with Crippen molar-refractivity contribution in [3.8, 4) is 0 Å². The van der Waals surface area contributed by atoms with Crippen molar-refractivity contribution in [2.24, 2.45) is 5.92 Å². The molecule has 5 nitrogen and oxygen atoms in total. The summed E-state index contributed by atoms with van der Waals surface area (Å²) in [6.07, 6.45) is 1.71. The topological polar surface area (TPSA) is 55.3 Å². The van der Waals surface area contributed by atoms with E-state index in [-0.39, 0.29) is 11.9 Å². The lowest BCUT2D eigenvalue weighted by Gasteiger charge is -2.29. The third kappa shape index (κ3) is 3.63. The highest BCUT2D eigenvalue weighted by atomic mass is 35.5. The highest BCUT2D eigenvalue weighted by molar-refractivity contribution is 7.15. The van der Waals surface area contributed by atoms with Crippen LogP contribution in [0.4, 0.5) is 0 Å². The van der Waals surface area contributed by atoms with Gasteiger partial charge < -0.3 is 4.74 Å². The van der Waals surface area contributed by atoms with E-state index < -0.39 is 0 Å². The lowest BCUT2D eigenvalue weighted by atomic mass is 9.97. The van der Waals surface area contributed by atoms with Crippen LogP contribution in [0.1, 0.15) is 24.8 Å². The first-order valence-electron chi connectivity index (χ1n) is 6.06. The molecule has 0 aromatic carbocycles. The van der Waals surface area contributed by atoms with Gasteiger partial charge in [-0.2, -0.15) is 0 Å². The van der Waals surface area contributed by atoms with Crippen molar-refractivity contribution >= 4 is 28.9 Å². The zero-order valence-electron chi connectivity index (χ0n) is 10.3. The van der Waals surface area contributed by atoms with Crippen molar-refractivity contribution in [3.05, 3.63) is 9.47 Å². The van der Waals surface area contributed by atoms with Crippen molar-refractivity contribution in [1.82, 2.24) is 15.1 Å². The van der Waals surface area contributed by atoms with Crippen LogP contribution in [-0.2, 0) is 16.1 Å². The molecule has 1 aliphatic heterocycles. The molecule has 0 bridgehead atoms. The predicted octanol–water partition coefficient (Wildman–Crippen LogP) is 1.97. The van der Waals surface area contributed by atoms with Gasteiger partial charge in [0, 0.05) is 0 Å². The molecule has 1 fully saturated rings. The Bertz CT molecular complexity index is 405. The van der Waals surface area contributed by atoms with E-state index in [1.54, 1.807) is 0 Å². The summed E-state index contributed by atoms with van der Waals surface area (Å²) in [6, 6.07) is 0. The van der Waals surface area contributed by atoms with E-state index in [1.165, 1.54) is 11.3 Å². The molecule has 0 radical (unpaired) electrons. The summed E-state index contributed by atoms with van der Waals surface area (Å²) >= 11 is 7.15. The van der Waals surface area contributed by atoms with E-state index in [4.69, 9.17) is 16.3 Å². The molecule has 2 heterocycles. The van der Waals surface area contributed by atoms with Crippen LogP contribution in [0.25, 0.3) is 0 Å². The van der Waals surface area contributed by atoms with Gasteiger partial charge in [-0.1, -0.05) is 11.3 Å². The standard InChI is InChI=1S/C11H16ClN3O2S/c1-2-17-10(16)8-3-5-15(6-4-8)7-9-13-14-11(12)18-9/h8H,2-7H2,1H3. The van der Waals surface area contributed by atoms with Crippen LogP contribution in [0.2, 0.25) is 4.47 Å². The van der Waals surface area contributed by atoms with Crippen molar-refractivity contribution in [2.75, 3.05) is 19.7 Å². The summed E-state index contributed by atoms with van der Waals surface area (Å²) in [5.41, 5.74) is 0. The average molecular weight is 290 g/mol. The first-order valence-corrected chi connectivity index (χ1v) is 7.25. The number of ether oxygens (including phenoxy) is 1. The molecular weight excluding hydrogens is 274 g/mol. The van der Waals surface area contributed by atoms with Crippen LogP contribution in [0.5, 0.6) is 0 Å². The fraction of sp³-hybridized carbons (Fsp3) is 0.727. The van der Waals surface area contributed by atoms with Crippen LogP contribution in [-0.4, -0.2) is 40.8 Å².